The number of fused-ring (bicyclic) bond motifs is 1. The maximum absolute atomic E-state index is 11.8. The summed E-state index contributed by atoms with van der Waals surface area (Å²) in [5, 5.41) is 16.0. The van der Waals surface area contributed by atoms with Crippen molar-refractivity contribution in [3.8, 4) is 6.07 Å². The Hall–Kier alpha value is -1.83. The Bertz CT molecular complexity index is 486. The molecule has 1 N–H and O–H groups in total. The maximum Gasteiger partial charge on any atom is 0.268 e. The summed E-state index contributed by atoms with van der Waals surface area (Å²) in [5.41, 5.74) is 1.81. The van der Waals surface area contributed by atoms with E-state index in [9.17, 15) is 4.79 Å². The molecule has 0 saturated heterocycles. The van der Waals surface area contributed by atoms with Crippen molar-refractivity contribution < 1.29 is 0 Å². The van der Waals surface area contributed by atoms with E-state index in [4.69, 9.17) is 5.26 Å². The second-order valence-electron chi connectivity index (χ2n) is 4.21. The Morgan fingerprint density at radius 3 is 3.24 bits per heavy atom. The van der Waals surface area contributed by atoms with Gasteiger partial charge in [0.2, 0.25) is 0 Å². The Balaban J connectivity index is 2.07. The van der Waals surface area contributed by atoms with Gasteiger partial charge in [0.1, 0.15) is 0 Å². The van der Waals surface area contributed by atoms with Crippen LogP contribution < -0.4 is 10.9 Å². The lowest BCUT2D eigenvalue weighted by atomic mass is 10.1. The molecule has 2 rings (SSSR count). The number of hydrogen-bond donors (Lipinski definition) is 1. The van der Waals surface area contributed by atoms with E-state index in [1.807, 2.05) is 0 Å². The molecule has 0 bridgehead atoms. The molecule has 0 radical (unpaired) electrons. The Labute approximate surface area is 100 Å². The molecule has 1 aromatic heterocycles. The van der Waals surface area contributed by atoms with Gasteiger partial charge in [-0.15, -0.1) is 0 Å². The molecule has 5 nitrogen and oxygen atoms in total. The number of anilines is 1. The molecule has 2 heterocycles. The van der Waals surface area contributed by atoms with Crippen LogP contribution in [0.15, 0.2) is 10.9 Å². The van der Waals surface area contributed by atoms with Gasteiger partial charge in [0.15, 0.2) is 0 Å². The lowest BCUT2D eigenvalue weighted by Crippen LogP contribution is -2.27. The lowest BCUT2D eigenvalue weighted by molar-refractivity contribution is 0.522. The molecule has 0 aromatic carbocycles. The zero-order valence-corrected chi connectivity index (χ0v) is 9.78. The van der Waals surface area contributed by atoms with Gasteiger partial charge in [-0.25, -0.2) is 4.68 Å². The standard InChI is InChI=1S/C12H16N4O/c13-6-2-1-3-8-16-12(17)9-11-10(15-16)5-4-7-14-11/h9,14H,1-5,7-8H2. The summed E-state index contributed by atoms with van der Waals surface area (Å²) >= 11 is 0. The SMILES string of the molecule is N#CCCCCn1nc2c(cc1=O)NCCC2. The molecule has 17 heavy (non-hydrogen) atoms. The van der Waals surface area contributed by atoms with Gasteiger partial charge in [0, 0.05) is 25.6 Å². The molecule has 5 heteroatoms. The fraction of sp³-hybridized carbons (Fsp3) is 0.583. The van der Waals surface area contributed by atoms with Crippen molar-refractivity contribution in [3.63, 3.8) is 0 Å². The van der Waals surface area contributed by atoms with Crippen molar-refractivity contribution in [2.45, 2.75) is 38.6 Å². The molecule has 0 unspecified atom stereocenters. The molecular weight excluding hydrogens is 216 g/mol. The Morgan fingerprint density at radius 2 is 2.41 bits per heavy atom. The van der Waals surface area contributed by atoms with E-state index < -0.39 is 0 Å². The number of hydrogen-bond acceptors (Lipinski definition) is 4. The zero-order valence-electron chi connectivity index (χ0n) is 9.78. The minimum Gasteiger partial charge on any atom is -0.383 e. The summed E-state index contributed by atoms with van der Waals surface area (Å²) in [6, 6.07) is 3.73. The highest BCUT2D eigenvalue weighted by Gasteiger charge is 2.12. The Kier molecular flexibility index (Phi) is 3.76. The molecule has 0 spiro atoms. The molecule has 1 aliphatic rings. The van der Waals surface area contributed by atoms with Gasteiger partial charge in [-0.3, -0.25) is 4.79 Å². The van der Waals surface area contributed by atoms with Gasteiger partial charge in [-0.05, 0) is 25.7 Å². The number of rotatable bonds is 4. The molecule has 1 aromatic rings. The molecule has 0 aliphatic carbocycles. The molecule has 90 valence electrons. The third-order valence-electron chi connectivity index (χ3n) is 2.89. The number of aryl methyl sites for hydroxylation is 2. The summed E-state index contributed by atoms with van der Waals surface area (Å²) in [6.45, 7) is 1.52. The molecule has 0 fully saturated rings. The first-order valence-corrected chi connectivity index (χ1v) is 6.03. The maximum atomic E-state index is 11.8. The van der Waals surface area contributed by atoms with E-state index in [0.717, 1.165) is 43.6 Å². The monoisotopic (exact) mass is 232 g/mol. The quantitative estimate of drug-likeness (QED) is 0.794. The van der Waals surface area contributed by atoms with Crippen LogP contribution in [0.3, 0.4) is 0 Å². The highest BCUT2D eigenvalue weighted by molar-refractivity contribution is 5.48. The first kappa shape index (κ1) is 11.6. The van der Waals surface area contributed by atoms with Crippen molar-refractivity contribution >= 4 is 5.69 Å². The largest absolute Gasteiger partial charge is 0.383 e. The highest BCUT2D eigenvalue weighted by atomic mass is 16.1. The molecule has 0 saturated carbocycles. The second-order valence-corrected chi connectivity index (χ2v) is 4.21. The predicted molar refractivity (Wildman–Crippen MR) is 64.8 cm³/mol. The molecular formula is C12H16N4O. The normalized spacial score (nSPS) is 13.6. The van der Waals surface area contributed by atoms with Crippen molar-refractivity contribution in [2.24, 2.45) is 0 Å². The Morgan fingerprint density at radius 1 is 1.53 bits per heavy atom. The van der Waals surface area contributed by atoms with Crippen LogP contribution in [0.1, 0.15) is 31.4 Å². The predicted octanol–water partition coefficient (Wildman–Crippen LogP) is 1.30. The number of unbranched alkanes of at least 4 members (excludes halogenated alkanes) is 2. The van der Waals surface area contributed by atoms with Crippen molar-refractivity contribution in [3.05, 3.63) is 22.1 Å². The van der Waals surface area contributed by atoms with E-state index in [2.05, 4.69) is 16.5 Å². The van der Waals surface area contributed by atoms with Crippen LogP contribution in [-0.2, 0) is 13.0 Å². The molecule has 0 atom stereocenters. The summed E-state index contributed by atoms with van der Waals surface area (Å²) < 4.78 is 1.52. The van der Waals surface area contributed by atoms with Crippen LogP contribution in [0.25, 0.3) is 0 Å². The third kappa shape index (κ3) is 2.84. The molecule has 0 amide bonds. The average molecular weight is 232 g/mol. The van der Waals surface area contributed by atoms with Crippen LogP contribution in [0.4, 0.5) is 5.69 Å². The second kappa shape index (κ2) is 5.48. The number of nitriles is 1. The zero-order chi connectivity index (χ0) is 12.1. The number of nitrogens with one attached hydrogen (secondary N) is 1. The van der Waals surface area contributed by atoms with Crippen molar-refractivity contribution in [1.82, 2.24) is 9.78 Å². The van der Waals surface area contributed by atoms with Gasteiger partial charge < -0.3 is 5.32 Å². The fourth-order valence-corrected chi connectivity index (χ4v) is 1.97. The van der Waals surface area contributed by atoms with E-state index in [1.54, 1.807) is 6.07 Å². The van der Waals surface area contributed by atoms with Crippen LogP contribution in [0.2, 0.25) is 0 Å². The minimum atomic E-state index is -0.0601. The van der Waals surface area contributed by atoms with Crippen molar-refractivity contribution in [1.29, 1.82) is 5.26 Å². The number of nitrogens with zero attached hydrogens (tertiary/aromatic N) is 3. The van der Waals surface area contributed by atoms with Crippen LogP contribution in [-0.4, -0.2) is 16.3 Å². The smallest absolute Gasteiger partial charge is 0.268 e. The summed E-state index contributed by atoms with van der Waals surface area (Å²) in [7, 11) is 0. The number of aromatic nitrogens is 2. The first-order valence-electron chi connectivity index (χ1n) is 6.03. The van der Waals surface area contributed by atoms with Gasteiger partial charge in [-0.2, -0.15) is 10.4 Å². The van der Waals surface area contributed by atoms with Gasteiger partial charge in [0.05, 0.1) is 17.5 Å². The van der Waals surface area contributed by atoms with E-state index >= 15 is 0 Å². The summed E-state index contributed by atoms with van der Waals surface area (Å²) in [5.74, 6) is 0. The van der Waals surface area contributed by atoms with Crippen LogP contribution in [0, 0.1) is 11.3 Å². The van der Waals surface area contributed by atoms with Gasteiger partial charge >= 0.3 is 0 Å². The molecule has 1 aliphatic heterocycles. The van der Waals surface area contributed by atoms with Gasteiger partial charge in [-0.1, -0.05) is 0 Å². The van der Waals surface area contributed by atoms with Crippen LogP contribution >= 0.6 is 0 Å². The van der Waals surface area contributed by atoms with Crippen molar-refractivity contribution in [2.75, 3.05) is 11.9 Å². The van der Waals surface area contributed by atoms with Gasteiger partial charge in [0.25, 0.3) is 5.56 Å². The topological polar surface area (TPSA) is 70.7 Å². The highest BCUT2D eigenvalue weighted by Crippen LogP contribution is 2.16. The van der Waals surface area contributed by atoms with Crippen LogP contribution in [0.5, 0.6) is 0 Å². The van der Waals surface area contributed by atoms with E-state index in [0.29, 0.717) is 13.0 Å². The lowest BCUT2D eigenvalue weighted by Gasteiger charge is -2.17. The summed E-state index contributed by atoms with van der Waals surface area (Å²) in [4.78, 5) is 11.8. The average Bonchev–Trinajstić information content (AvgIpc) is 2.35. The minimum absolute atomic E-state index is 0.0601. The fourth-order valence-electron chi connectivity index (χ4n) is 1.97. The summed E-state index contributed by atoms with van der Waals surface area (Å²) in [6.07, 6.45) is 4.18. The van der Waals surface area contributed by atoms with E-state index in [-0.39, 0.29) is 5.56 Å². The third-order valence-corrected chi connectivity index (χ3v) is 2.89. The first-order chi connectivity index (χ1) is 8.31. The van der Waals surface area contributed by atoms with E-state index in [1.165, 1.54) is 4.68 Å².